The van der Waals surface area contributed by atoms with Gasteiger partial charge in [-0.3, -0.25) is 4.98 Å². The molecule has 0 aliphatic heterocycles. The van der Waals surface area contributed by atoms with E-state index in [0.29, 0.717) is 5.52 Å². The summed E-state index contributed by atoms with van der Waals surface area (Å²) < 4.78 is 1.13. The van der Waals surface area contributed by atoms with Crippen molar-refractivity contribution in [1.82, 2.24) is 9.97 Å². The standard InChI is InChI=1S/C23H17N3OS/c27-22-17(13-12-16-9-6-14-24-21(16)22)20(15-7-2-1-3-8-15)26-23-25-18-10-4-5-11-19(18)28-23/h1-14,20,27H,(H,25,26)/t20-/m0/s1. The number of thiazole rings is 1. The highest BCUT2D eigenvalue weighted by Gasteiger charge is 2.21. The number of nitrogens with zero attached hydrogens (tertiary/aromatic N) is 2. The van der Waals surface area contributed by atoms with Gasteiger partial charge in [-0.25, -0.2) is 4.98 Å². The molecule has 0 fully saturated rings. The smallest absolute Gasteiger partial charge is 0.184 e. The second kappa shape index (κ2) is 6.94. The third-order valence-electron chi connectivity index (χ3n) is 4.78. The summed E-state index contributed by atoms with van der Waals surface area (Å²) in [4.78, 5) is 9.07. The molecule has 2 N–H and O–H groups in total. The Morgan fingerprint density at radius 1 is 0.857 bits per heavy atom. The Morgan fingerprint density at radius 3 is 2.54 bits per heavy atom. The molecule has 2 heterocycles. The van der Waals surface area contributed by atoms with Crippen molar-refractivity contribution in [3.63, 3.8) is 0 Å². The van der Waals surface area contributed by atoms with Gasteiger partial charge in [0.25, 0.3) is 0 Å². The van der Waals surface area contributed by atoms with Crippen LogP contribution in [-0.4, -0.2) is 15.1 Å². The average Bonchev–Trinajstić information content (AvgIpc) is 3.16. The average molecular weight is 383 g/mol. The zero-order valence-corrected chi connectivity index (χ0v) is 15.7. The Hall–Kier alpha value is -3.44. The van der Waals surface area contributed by atoms with Gasteiger partial charge in [0, 0.05) is 17.1 Å². The minimum absolute atomic E-state index is 0.195. The van der Waals surface area contributed by atoms with Crippen LogP contribution in [0.15, 0.2) is 85.1 Å². The van der Waals surface area contributed by atoms with Crippen molar-refractivity contribution in [3.05, 3.63) is 96.2 Å². The van der Waals surface area contributed by atoms with Gasteiger partial charge in [-0.1, -0.05) is 72.0 Å². The molecule has 0 amide bonds. The van der Waals surface area contributed by atoms with Crippen molar-refractivity contribution in [2.75, 3.05) is 5.32 Å². The summed E-state index contributed by atoms with van der Waals surface area (Å²) in [5, 5.41) is 16.2. The molecule has 0 saturated heterocycles. The third kappa shape index (κ3) is 2.96. The van der Waals surface area contributed by atoms with E-state index in [9.17, 15) is 5.11 Å². The van der Waals surface area contributed by atoms with Gasteiger partial charge in [0.05, 0.1) is 16.3 Å². The maximum atomic E-state index is 11.0. The highest BCUT2D eigenvalue weighted by atomic mass is 32.1. The van der Waals surface area contributed by atoms with Gasteiger partial charge in [0.1, 0.15) is 11.3 Å². The maximum absolute atomic E-state index is 11.0. The monoisotopic (exact) mass is 383 g/mol. The second-order valence-electron chi connectivity index (χ2n) is 6.55. The molecule has 3 aromatic carbocycles. The van der Waals surface area contributed by atoms with Gasteiger partial charge in [-0.2, -0.15) is 0 Å². The summed E-state index contributed by atoms with van der Waals surface area (Å²) in [6, 6.07) is 25.7. The number of rotatable bonds is 4. The predicted octanol–water partition coefficient (Wildman–Crippen LogP) is 5.75. The van der Waals surface area contributed by atoms with Crippen molar-refractivity contribution in [1.29, 1.82) is 0 Å². The number of aromatic hydroxyl groups is 1. The van der Waals surface area contributed by atoms with Crippen molar-refractivity contribution in [2.24, 2.45) is 0 Å². The van der Waals surface area contributed by atoms with Gasteiger partial charge in [-0.05, 0) is 23.8 Å². The number of phenolic OH excluding ortho intramolecular Hbond substituents is 1. The molecular formula is C23H17N3OS. The Balaban J connectivity index is 1.64. The normalized spacial score (nSPS) is 12.3. The lowest BCUT2D eigenvalue weighted by Gasteiger charge is -2.21. The van der Waals surface area contributed by atoms with E-state index < -0.39 is 0 Å². The van der Waals surface area contributed by atoms with E-state index in [2.05, 4.69) is 16.4 Å². The molecule has 0 aliphatic carbocycles. The number of para-hydroxylation sites is 1. The van der Waals surface area contributed by atoms with E-state index in [1.807, 2.05) is 72.8 Å². The number of phenols is 1. The molecule has 0 unspecified atom stereocenters. The number of fused-ring (bicyclic) bond motifs is 2. The minimum Gasteiger partial charge on any atom is -0.505 e. The van der Waals surface area contributed by atoms with Crippen LogP contribution in [0.2, 0.25) is 0 Å². The number of pyridine rings is 1. The minimum atomic E-state index is -0.242. The van der Waals surface area contributed by atoms with E-state index >= 15 is 0 Å². The molecule has 5 heteroatoms. The number of benzene rings is 3. The summed E-state index contributed by atoms with van der Waals surface area (Å²) in [6.07, 6.45) is 1.70. The largest absolute Gasteiger partial charge is 0.505 e. The van der Waals surface area contributed by atoms with Crippen LogP contribution >= 0.6 is 11.3 Å². The molecule has 0 aliphatic rings. The number of aromatic nitrogens is 2. The molecule has 1 atom stereocenters. The summed E-state index contributed by atoms with van der Waals surface area (Å²) >= 11 is 1.60. The first kappa shape index (κ1) is 16.7. The molecule has 0 spiro atoms. The summed E-state index contributed by atoms with van der Waals surface area (Å²) in [6.45, 7) is 0. The van der Waals surface area contributed by atoms with Crippen molar-refractivity contribution >= 4 is 37.6 Å². The zero-order chi connectivity index (χ0) is 18.9. The van der Waals surface area contributed by atoms with Crippen LogP contribution in [0.4, 0.5) is 5.13 Å². The molecule has 4 nitrogen and oxygen atoms in total. The second-order valence-corrected chi connectivity index (χ2v) is 7.58. The molecule has 0 radical (unpaired) electrons. The van der Waals surface area contributed by atoms with E-state index in [0.717, 1.165) is 31.9 Å². The van der Waals surface area contributed by atoms with Gasteiger partial charge in [-0.15, -0.1) is 0 Å². The topological polar surface area (TPSA) is 58.0 Å². The first-order chi connectivity index (χ1) is 13.8. The van der Waals surface area contributed by atoms with Gasteiger partial charge < -0.3 is 10.4 Å². The molecule has 2 aromatic heterocycles. The Morgan fingerprint density at radius 2 is 1.68 bits per heavy atom. The van der Waals surface area contributed by atoms with Crippen LogP contribution in [0, 0.1) is 0 Å². The van der Waals surface area contributed by atoms with E-state index in [4.69, 9.17) is 4.98 Å². The first-order valence-electron chi connectivity index (χ1n) is 9.03. The quantitative estimate of drug-likeness (QED) is 0.415. The lowest BCUT2D eigenvalue weighted by molar-refractivity contribution is 0.472. The summed E-state index contributed by atoms with van der Waals surface area (Å²) in [5.41, 5.74) is 3.39. The van der Waals surface area contributed by atoms with Crippen LogP contribution in [0.3, 0.4) is 0 Å². The third-order valence-corrected chi connectivity index (χ3v) is 5.75. The van der Waals surface area contributed by atoms with Crippen LogP contribution in [0.25, 0.3) is 21.1 Å². The Bertz CT molecular complexity index is 1230. The van der Waals surface area contributed by atoms with E-state index in [1.165, 1.54) is 0 Å². The molecule has 28 heavy (non-hydrogen) atoms. The fourth-order valence-electron chi connectivity index (χ4n) is 3.42. The van der Waals surface area contributed by atoms with Crippen molar-refractivity contribution in [3.8, 4) is 5.75 Å². The first-order valence-corrected chi connectivity index (χ1v) is 9.85. The van der Waals surface area contributed by atoms with Crippen LogP contribution in [-0.2, 0) is 0 Å². The highest BCUT2D eigenvalue weighted by molar-refractivity contribution is 7.22. The number of nitrogens with one attached hydrogen (secondary N) is 1. The molecule has 0 saturated carbocycles. The predicted molar refractivity (Wildman–Crippen MR) is 115 cm³/mol. The lowest BCUT2D eigenvalue weighted by atomic mass is 9.96. The molecule has 136 valence electrons. The van der Waals surface area contributed by atoms with E-state index in [-0.39, 0.29) is 11.8 Å². The van der Waals surface area contributed by atoms with Crippen molar-refractivity contribution < 1.29 is 5.11 Å². The lowest BCUT2D eigenvalue weighted by Crippen LogP contribution is -2.12. The Labute approximate surface area is 166 Å². The van der Waals surface area contributed by atoms with E-state index in [1.54, 1.807) is 17.5 Å². The fraction of sp³-hybridized carbons (Fsp3) is 0.0435. The van der Waals surface area contributed by atoms with Gasteiger partial charge in [0.15, 0.2) is 5.13 Å². The van der Waals surface area contributed by atoms with Gasteiger partial charge >= 0.3 is 0 Å². The Kier molecular flexibility index (Phi) is 4.14. The molecule has 5 rings (SSSR count). The number of anilines is 1. The summed E-state index contributed by atoms with van der Waals surface area (Å²) in [7, 11) is 0. The maximum Gasteiger partial charge on any atom is 0.184 e. The SMILES string of the molecule is Oc1c([C@@H](Nc2nc3ccccc3s2)c2ccccc2)ccc2cccnc12. The van der Waals surface area contributed by atoms with Crippen molar-refractivity contribution in [2.45, 2.75) is 6.04 Å². The fourth-order valence-corrected chi connectivity index (χ4v) is 4.32. The highest BCUT2D eigenvalue weighted by Crippen LogP contribution is 2.37. The van der Waals surface area contributed by atoms with Crippen LogP contribution < -0.4 is 5.32 Å². The van der Waals surface area contributed by atoms with Crippen LogP contribution in [0.1, 0.15) is 17.2 Å². The molecular weight excluding hydrogens is 366 g/mol. The zero-order valence-electron chi connectivity index (χ0n) is 14.9. The number of hydrogen-bond acceptors (Lipinski definition) is 5. The molecule has 0 bridgehead atoms. The molecule has 5 aromatic rings. The summed E-state index contributed by atoms with van der Waals surface area (Å²) in [5.74, 6) is 0.195. The van der Waals surface area contributed by atoms with Gasteiger partial charge in [0.2, 0.25) is 0 Å². The van der Waals surface area contributed by atoms with Crippen LogP contribution in [0.5, 0.6) is 5.75 Å². The number of hydrogen-bond donors (Lipinski definition) is 2.